The van der Waals surface area contributed by atoms with Crippen LogP contribution in [-0.2, 0) is 107 Å². The van der Waals surface area contributed by atoms with Crippen LogP contribution in [0, 0.1) is 5.41 Å². The standard InChI is InChI=1S/C76H103N19O20S3/c1-41(96)62-73(113)85-49(22-23-59(97)98)66(106)87-52(31-43-15-7-4-8-16-43)68(108)91-55(38-117-36-44-17-9-18-45(29-44)37-118-39-56(92-64(104)47(77)24-28-116-2)74(114)95-27-12-21-58(95)75(115)94-26-11-20-57(94)72(112)93-62)71(111)90-54(34-61(101)102)70(110)89-53(32-46-35-81-40-83-46)69(109)88-51(30-42-13-5-3-6-14-42)67(107)84-48(19-10-25-82-76(79)80)65(105)86-50(63(78)103)33-60(99)100/h3-9,13-18,29,35,40-41,47-58,62,96H,10-12,19-28,30-34,36-39,77H2,1-2H3,(H2,78,103)(H,81,83)(H,84,107)(H,85,113)(H,86,105)(H,87,106)(H,88,109)(H,89,110)(H,90,111)(H,91,108)(H,92,104)(H,93,112)(H,97,98)(H,99,100)(H,101,102)(H4,79,80,82)/t41-,47-,48+,49+,50+,51+,52+,53+,54+,55+,56+,57+,58+,62+/m1/s1. The summed E-state index contributed by atoms with van der Waals surface area (Å²) >= 11 is 3.82. The van der Waals surface area contributed by atoms with Crippen LogP contribution in [0.2, 0.25) is 0 Å². The molecule has 2 saturated heterocycles. The van der Waals surface area contributed by atoms with Gasteiger partial charge in [-0.2, -0.15) is 35.3 Å². The molecule has 118 heavy (non-hydrogen) atoms. The molecule has 0 saturated carbocycles. The number of imidazole rings is 1. The minimum Gasteiger partial charge on any atom is -0.481 e. The predicted octanol–water partition coefficient (Wildman–Crippen LogP) is -3.53. The molecule has 0 spiro atoms. The highest BCUT2D eigenvalue weighted by Crippen LogP contribution is 2.28. The Labute approximate surface area is 691 Å². The van der Waals surface area contributed by atoms with Crippen LogP contribution in [-0.4, -0.2) is 269 Å². The van der Waals surface area contributed by atoms with E-state index < -0.39 is 217 Å². The van der Waals surface area contributed by atoms with Gasteiger partial charge in [-0.1, -0.05) is 84.9 Å². The highest BCUT2D eigenvalue weighted by molar-refractivity contribution is 7.99. The number of nitrogens with zero attached hydrogens (tertiary/aromatic N) is 3. The normalized spacial score (nSPS) is 21.0. The molecule has 1 aromatic heterocycles. The van der Waals surface area contributed by atoms with Gasteiger partial charge in [0.05, 0.1) is 37.0 Å². The van der Waals surface area contributed by atoms with Crippen LogP contribution in [0.25, 0.3) is 0 Å². The summed E-state index contributed by atoms with van der Waals surface area (Å²) in [6.07, 6.45) is -0.834. The summed E-state index contributed by atoms with van der Waals surface area (Å²) in [5.41, 5.74) is 19.6. The lowest BCUT2D eigenvalue weighted by Crippen LogP contribution is -2.62. The molecule has 3 aliphatic rings. The Hall–Kier alpha value is -11.4. The maximum absolute atomic E-state index is 15.2. The van der Waals surface area contributed by atoms with Gasteiger partial charge in [0.25, 0.3) is 0 Å². The number of nitrogens with two attached hydrogens (primary N) is 3. The Kier molecular flexibility index (Phi) is 37.5. The van der Waals surface area contributed by atoms with Gasteiger partial charge in [-0.3, -0.25) is 82.1 Å². The zero-order valence-corrected chi connectivity index (χ0v) is 67.4. The van der Waals surface area contributed by atoms with Crippen molar-refractivity contribution in [1.82, 2.24) is 78.3 Å². The molecule has 0 aliphatic carbocycles. The molecule has 0 unspecified atom stereocenters. The topological polar surface area (TPSA) is 623 Å². The van der Waals surface area contributed by atoms with E-state index in [1.54, 1.807) is 78.9 Å². The van der Waals surface area contributed by atoms with E-state index in [1.807, 2.05) is 12.3 Å². The zero-order valence-electron chi connectivity index (χ0n) is 65.0. The van der Waals surface area contributed by atoms with Crippen molar-refractivity contribution >= 4 is 136 Å². The van der Waals surface area contributed by atoms with Gasteiger partial charge in [-0.05, 0) is 92.6 Å². The van der Waals surface area contributed by atoms with Crippen LogP contribution < -0.4 is 75.7 Å². The number of carbonyl (C=O) groups is 16. The minimum absolute atomic E-state index is 0.00295. The first kappa shape index (κ1) is 93.8. The lowest BCUT2D eigenvalue weighted by Gasteiger charge is -2.33. The minimum atomic E-state index is -2.10. The molecule has 640 valence electrons. The Morgan fingerprint density at radius 1 is 0.619 bits per heavy atom. The van der Waals surface area contributed by atoms with Gasteiger partial charge in [0.15, 0.2) is 5.96 Å². The van der Waals surface area contributed by atoms with Crippen molar-refractivity contribution in [3.05, 3.63) is 125 Å². The Morgan fingerprint density at radius 3 is 1.77 bits per heavy atom. The number of nitrogens with one attached hydrogen (secondary N) is 13. The van der Waals surface area contributed by atoms with Crippen molar-refractivity contribution in [1.29, 1.82) is 5.41 Å². The number of carboxylic acids is 3. The van der Waals surface area contributed by atoms with E-state index >= 15 is 9.59 Å². The fourth-order valence-corrected chi connectivity index (χ4v) is 15.8. The van der Waals surface area contributed by atoms with Gasteiger partial charge in [-0.15, -0.1) is 0 Å². The fraction of sp³-hybridized carbons (Fsp3) is 0.500. The molecule has 39 nitrogen and oxygen atoms in total. The van der Waals surface area contributed by atoms with Crippen LogP contribution in [0.15, 0.2) is 97.5 Å². The smallest absolute Gasteiger partial charge is 0.305 e. The van der Waals surface area contributed by atoms with Crippen molar-refractivity contribution in [3.63, 3.8) is 0 Å². The van der Waals surface area contributed by atoms with Crippen LogP contribution in [0.4, 0.5) is 0 Å². The number of H-pyrrole nitrogens is 1. The number of hydrogen-bond donors (Lipinski definition) is 20. The Balaban J connectivity index is 1.24. The Morgan fingerprint density at radius 2 is 1.18 bits per heavy atom. The maximum Gasteiger partial charge on any atom is 0.305 e. The summed E-state index contributed by atoms with van der Waals surface area (Å²) < 4.78 is 0. The maximum atomic E-state index is 15.2. The predicted molar refractivity (Wildman–Crippen MR) is 433 cm³/mol. The molecule has 7 rings (SSSR count). The zero-order chi connectivity index (χ0) is 86.1. The molecule has 3 aromatic carbocycles. The van der Waals surface area contributed by atoms with Crippen molar-refractivity contribution in [2.45, 2.75) is 193 Å². The number of rotatable bonds is 34. The van der Waals surface area contributed by atoms with Crippen molar-refractivity contribution in [2.24, 2.45) is 17.2 Å². The first-order chi connectivity index (χ1) is 56.3. The van der Waals surface area contributed by atoms with Crippen LogP contribution in [0.5, 0.6) is 0 Å². The summed E-state index contributed by atoms with van der Waals surface area (Å²) in [4.78, 5) is 234. The second kappa shape index (κ2) is 47.1. The van der Waals surface area contributed by atoms with E-state index in [0.29, 0.717) is 35.3 Å². The molecule has 4 aromatic rings. The molecule has 2 fully saturated rings. The molecule has 3 aliphatic heterocycles. The SMILES string of the molecule is CSCC[C@@H](N)C(=O)N[C@H]1CSCc2cccc(c2)CSC[C@@H](C(=O)N[C@@H](CC(=O)O)C(=O)N[C@@H](Cc2c[nH]cn2)C(=O)N[C@@H](Cc2ccccc2)C(=O)N[C@@H](CCCNC(=N)N)C(=O)N[C@@H](CC(=O)O)C(N)=O)NC(=O)[C@H](Cc2ccccc2)NC(=O)[C@H](CCC(=O)O)NC(=O)[C@H]([C@@H](C)O)NC(=O)[C@@H]2CCCN2C(=O)[C@@H]2CCCN2C1=O. The number of carboxylic acid groups (broad SMARTS) is 3. The monoisotopic (exact) mass is 1700 g/mol. The average molecular weight is 1700 g/mol. The second-order valence-corrected chi connectivity index (χ2v) is 31.6. The van der Waals surface area contributed by atoms with E-state index in [2.05, 4.69) is 68.5 Å². The largest absolute Gasteiger partial charge is 0.481 e. The molecular formula is C76H103N19O20S3. The van der Waals surface area contributed by atoms with E-state index in [0.717, 1.165) is 24.2 Å². The molecule has 23 N–H and O–H groups in total. The number of aliphatic hydroxyl groups is 1. The number of aliphatic hydroxyl groups excluding tert-OH is 1. The van der Waals surface area contributed by atoms with Crippen molar-refractivity contribution in [2.75, 3.05) is 43.1 Å². The van der Waals surface area contributed by atoms with Gasteiger partial charge < -0.3 is 111 Å². The number of hydrogen-bond acceptors (Lipinski definition) is 23. The number of carbonyl (C=O) groups excluding carboxylic acids is 13. The highest BCUT2D eigenvalue weighted by atomic mass is 32.2. The number of benzene rings is 3. The van der Waals surface area contributed by atoms with E-state index in [1.165, 1.54) is 45.8 Å². The summed E-state index contributed by atoms with van der Waals surface area (Å²) in [5.74, 6) is -17.6. The van der Waals surface area contributed by atoms with E-state index in [4.69, 9.17) is 22.6 Å². The second-order valence-electron chi connectivity index (χ2n) is 28.6. The van der Waals surface area contributed by atoms with Gasteiger partial charge in [0.1, 0.15) is 72.5 Å². The first-order valence-corrected chi connectivity index (χ1v) is 41.9. The number of aromatic amines is 1. The van der Waals surface area contributed by atoms with Crippen LogP contribution >= 0.6 is 35.3 Å². The molecular weight excluding hydrogens is 1600 g/mol. The molecule has 2 bridgehead atoms. The number of aromatic nitrogens is 2. The first-order valence-electron chi connectivity index (χ1n) is 38.2. The molecule has 0 radical (unpaired) electrons. The van der Waals surface area contributed by atoms with Gasteiger partial charge >= 0.3 is 17.9 Å². The molecule has 42 heteroatoms. The number of thioether (sulfide) groups is 3. The van der Waals surface area contributed by atoms with Gasteiger partial charge in [0.2, 0.25) is 76.8 Å². The van der Waals surface area contributed by atoms with E-state index in [9.17, 15) is 87.5 Å². The lowest BCUT2D eigenvalue weighted by molar-refractivity contribution is -0.148. The van der Waals surface area contributed by atoms with Crippen LogP contribution in [0.3, 0.4) is 0 Å². The summed E-state index contributed by atoms with van der Waals surface area (Å²) in [6.45, 7) is 1.33. The third-order valence-corrected chi connectivity index (χ3v) is 22.3. The van der Waals surface area contributed by atoms with Crippen molar-refractivity contribution < 1.29 is 97.1 Å². The number of amides is 13. The van der Waals surface area contributed by atoms with Crippen LogP contribution in [0.1, 0.15) is 106 Å². The third kappa shape index (κ3) is 30.0. The third-order valence-electron chi connectivity index (χ3n) is 19.4. The number of primary amides is 1. The fourth-order valence-electron chi connectivity index (χ4n) is 13.3. The van der Waals surface area contributed by atoms with Gasteiger partial charge in [0, 0.05) is 74.5 Å². The molecule has 13 amide bonds. The summed E-state index contributed by atoms with van der Waals surface area (Å²) in [6, 6.07) is 2.80. The number of aliphatic carboxylic acids is 3. The Bertz CT molecular complexity index is 4190. The van der Waals surface area contributed by atoms with Gasteiger partial charge in [-0.25, -0.2) is 4.98 Å². The lowest BCUT2D eigenvalue weighted by atomic mass is 10.0. The average Bonchev–Trinajstić information content (AvgIpc) is 1.64. The van der Waals surface area contributed by atoms with E-state index in [-0.39, 0.29) is 93.3 Å². The number of fused-ring (bicyclic) bond motifs is 4. The molecule has 4 heterocycles. The summed E-state index contributed by atoms with van der Waals surface area (Å²) in [5, 5.41) is 76.3. The molecule has 14 atom stereocenters. The highest BCUT2D eigenvalue weighted by Gasteiger charge is 2.46. The quantitative estimate of drug-likeness (QED) is 0.0122. The summed E-state index contributed by atoms with van der Waals surface area (Å²) in [7, 11) is 0. The van der Waals surface area contributed by atoms with Crippen molar-refractivity contribution in [3.8, 4) is 0 Å². The number of guanidine groups is 1.